The number of amides is 1. The number of anilines is 1. The second-order valence-corrected chi connectivity index (χ2v) is 4.97. The van der Waals surface area contributed by atoms with Crippen molar-refractivity contribution in [3.63, 3.8) is 0 Å². The van der Waals surface area contributed by atoms with Gasteiger partial charge in [0.1, 0.15) is 11.4 Å². The van der Waals surface area contributed by atoms with E-state index < -0.39 is 11.7 Å². The van der Waals surface area contributed by atoms with E-state index in [-0.39, 0.29) is 0 Å². The number of para-hydroxylation sites is 1. The van der Waals surface area contributed by atoms with Crippen molar-refractivity contribution >= 4 is 11.8 Å². The van der Waals surface area contributed by atoms with Crippen LogP contribution in [-0.4, -0.2) is 18.8 Å². The Labute approximate surface area is 108 Å². The molecule has 1 aromatic carbocycles. The summed E-state index contributed by atoms with van der Waals surface area (Å²) in [6, 6.07) is 5.67. The molecule has 1 amide bonds. The van der Waals surface area contributed by atoms with Gasteiger partial charge in [-0.05, 0) is 38.8 Å². The highest BCUT2D eigenvalue weighted by atomic mass is 16.6. The van der Waals surface area contributed by atoms with E-state index in [1.807, 2.05) is 45.9 Å². The predicted octanol–water partition coefficient (Wildman–Crippen LogP) is 3.60. The minimum atomic E-state index is -0.515. The van der Waals surface area contributed by atoms with Crippen molar-refractivity contribution < 1.29 is 14.3 Å². The molecule has 0 aromatic heterocycles. The van der Waals surface area contributed by atoms with Crippen molar-refractivity contribution in [1.29, 1.82) is 0 Å². The van der Waals surface area contributed by atoms with Gasteiger partial charge in [-0.25, -0.2) is 4.79 Å². The second kappa shape index (κ2) is 5.76. The molecular formula is C14H21NO3. The van der Waals surface area contributed by atoms with Gasteiger partial charge < -0.3 is 9.47 Å². The van der Waals surface area contributed by atoms with Crippen LogP contribution < -0.4 is 10.1 Å². The number of methoxy groups -OCH3 is 1. The Bertz CT molecular complexity index is 399. The quantitative estimate of drug-likeness (QED) is 0.892. The van der Waals surface area contributed by atoms with E-state index in [9.17, 15) is 4.79 Å². The highest BCUT2D eigenvalue weighted by molar-refractivity contribution is 5.88. The molecule has 0 saturated carbocycles. The first kappa shape index (κ1) is 14.4. The average molecular weight is 251 g/mol. The lowest BCUT2D eigenvalue weighted by Crippen LogP contribution is -2.27. The summed E-state index contributed by atoms with van der Waals surface area (Å²) in [5.74, 6) is 0.639. The first-order valence-corrected chi connectivity index (χ1v) is 6.03. The molecule has 0 saturated heterocycles. The molecule has 0 aliphatic carbocycles. The number of ether oxygens (including phenoxy) is 2. The van der Waals surface area contributed by atoms with E-state index in [0.29, 0.717) is 11.4 Å². The number of carbonyl (C=O) groups excluding carboxylic acids is 1. The third-order valence-electron chi connectivity index (χ3n) is 2.34. The van der Waals surface area contributed by atoms with Crippen molar-refractivity contribution in [2.24, 2.45) is 0 Å². The van der Waals surface area contributed by atoms with Crippen molar-refractivity contribution in [1.82, 2.24) is 0 Å². The first-order chi connectivity index (χ1) is 8.37. The molecule has 18 heavy (non-hydrogen) atoms. The molecule has 0 heterocycles. The Morgan fingerprint density at radius 3 is 2.50 bits per heavy atom. The van der Waals surface area contributed by atoms with Gasteiger partial charge in [-0.3, -0.25) is 5.32 Å². The van der Waals surface area contributed by atoms with Crippen LogP contribution in [0.15, 0.2) is 18.2 Å². The van der Waals surface area contributed by atoms with E-state index >= 15 is 0 Å². The van der Waals surface area contributed by atoms with E-state index in [0.717, 1.165) is 12.0 Å². The molecule has 4 heteroatoms. The Balaban J connectivity index is 2.92. The van der Waals surface area contributed by atoms with Crippen LogP contribution >= 0.6 is 0 Å². The van der Waals surface area contributed by atoms with Crippen molar-refractivity contribution in [3.05, 3.63) is 23.8 Å². The lowest BCUT2D eigenvalue weighted by Gasteiger charge is -2.21. The topological polar surface area (TPSA) is 47.6 Å². The Morgan fingerprint density at radius 1 is 1.33 bits per heavy atom. The highest BCUT2D eigenvalue weighted by Gasteiger charge is 2.18. The van der Waals surface area contributed by atoms with Crippen LogP contribution in [0.3, 0.4) is 0 Å². The maximum Gasteiger partial charge on any atom is 0.412 e. The van der Waals surface area contributed by atoms with Gasteiger partial charge in [0.2, 0.25) is 0 Å². The first-order valence-electron chi connectivity index (χ1n) is 6.03. The van der Waals surface area contributed by atoms with E-state index in [1.165, 1.54) is 0 Å². The Hall–Kier alpha value is -1.71. The third kappa shape index (κ3) is 3.95. The van der Waals surface area contributed by atoms with Gasteiger partial charge in [-0.2, -0.15) is 0 Å². The molecule has 0 fully saturated rings. The number of aryl methyl sites for hydroxylation is 1. The summed E-state index contributed by atoms with van der Waals surface area (Å²) in [7, 11) is 1.58. The molecule has 1 rings (SSSR count). The van der Waals surface area contributed by atoms with Crippen molar-refractivity contribution in [3.8, 4) is 5.75 Å². The predicted molar refractivity (Wildman–Crippen MR) is 72.2 cm³/mol. The van der Waals surface area contributed by atoms with Gasteiger partial charge in [0.05, 0.1) is 12.8 Å². The zero-order valence-electron chi connectivity index (χ0n) is 11.7. The normalized spacial score (nSPS) is 10.9. The SMILES string of the molecule is CCc1cccc(OC)c1NC(=O)OC(C)(C)C. The summed E-state index contributed by atoms with van der Waals surface area (Å²) in [5, 5.41) is 2.75. The molecule has 1 aromatic rings. The maximum absolute atomic E-state index is 11.8. The largest absolute Gasteiger partial charge is 0.495 e. The van der Waals surface area contributed by atoms with Crippen LogP contribution in [0, 0.1) is 0 Å². The monoisotopic (exact) mass is 251 g/mol. The van der Waals surface area contributed by atoms with Crippen LogP contribution in [0.5, 0.6) is 5.75 Å². The summed E-state index contributed by atoms with van der Waals surface area (Å²) in [6.07, 6.45) is 0.337. The third-order valence-corrected chi connectivity index (χ3v) is 2.34. The molecule has 0 unspecified atom stereocenters. The van der Waals surface area contributed by atoms with Crippen LogP contribution in [0.4, 0.5) is 10.5 Å². The van der Waals surface area contributed by atoms with E-state index in [1.54, 1.807) is 7.11 Å². The molecule has 0 spiro atoms. The molecule has 0 aliphatic rings. The highest BCUT2D eigenvalue weighted by Crippen LogP contribution is 2.29. The number of hydrogen-bond acceptors (Lipinski definition) is 3. The zero-order chi connectivity index (χ0) is 13.8. The molecule has 0 bridgehead atoms. The van der Waals surface area contributed by atoms with Crippen LogP contribution in [-0.2, 0) is 11.2 Å². The second-order valence-electron chi connectivity index (χ2n) is 4.97. The molecule has 0 aliphatic heterocycles. The molecule has 0 atom stereocenters. The molecular weight excluding hydrogens is 230 g/mol. The lowest BCUT2D eigenvalue weighted by molar-refractivity contribution is 0.0635. The minimum Gasteiger partial charge on any atom is -0.495 e. The standard InChI is InChI=1S/C14H21NO3/c1-6-10-8-7-9-11(17-5)12(10)15-13(16)18-14(2,3)4/h7-9H,6H2,1-5H3,(H,15,16). The van der Waals surface area contributed by atoms with E-state index in [4.69, 9.17) is 9.47 Å². The summed E-state index contributed by atoms with van der Waals surface area (Å²) in [6.45, 7) is 7.51. The van der Waals surface area contributed by atoms with Gasteiger partial charge in [-0.15, -0.1) is 0 Å². The zero-order valence-corrected chi connectivity index (χ0v) is 11.7. The fourth-order valence-electron chi connectivity index (χ4n) is 1.59. The van der Waals surface area contributed by atoms with Crippen LogP contribution in [0.1, 0.15) is 33.3 Å². The Morgan fingerprint density at radius 2 is 2.00 bits per heavy atom. The number of nitrogens with one attached hydrogen (secondary N) is 1. The van der Waals surface area contributed by atoms with Gasteiger partial charge in [0.15, 0.2) is 0 Å². The number of benzene rings is 1. The number of rotatable bonds is 3. The average Bonchev–Trinajstić information content (AvgIpc) is 2.26. The number of hydrogen-bond donors (Lipinski definition) is 1. The molecule has 4 nitrogen and oxygen atoms in total. The fraction of sp³-hybridized carbons (Fsp3) is 0.500. The Kier molecular flexibility index (Phi) is 4.59. The van der Waals surface area contributed by atoms with Crippen LogP contribution in [0.25, 0.3) is 0 Å². The fourth-order valence-corrected chi connectivity index (χ4v) is 1.59. The smallest absolute Gasteiger partial charge is 0.412 e. The van der Waals surface area contributed by atoms with Crippen molar-refractivity contribution in [2.75, 3.05) is 12.4 Å². The summed E-state index contributed by atoms with van der Waals surface area (Å²) in [4.78, 5) is 11.8. The van der Waals surface area contributed by atoms with Gasteiger partial charge in [0, 0.05) is 0 Å². The molecule has 100 valence electrons. The molecule has 1 N–H and O–H groups in total. The number of carbonyl (C=O) groups is 1. The maximum atomic E-state index is 11.8. The summed E-state index contributed by atoms with van der Waals surface area (Å²) in [5.41, 5.74) is 1.18. The van der Waals surface area contributed by atoms with Gasteiger partial charge >= 0.3 is 6.09 Å². The lowest BCUT2D eigenvalue weighted by atomic mass is 10.1. The van der Waals surface area contributed by atoms with Gasteiger partial charge in [0.25, 0.3) is 0 Å². The van der Waals surface area contributed by atoms with E-state index in [2.05, 4.69) is 5.32 Å². The summed E-state index contributed by atoms with van der Waals surface area (Å²) >= 11 is 0. The van der Waals surface area contributed by atoms with Crippen molar-refractivity contribution in [2.45, 2.75) is 39.7 Å². The minimum absolute atomic E-state index is 0.471. The van der Waals surface area contributed by atoms with Crippen LogP contribution in [0.2, 0.25) is 0 Å². The summed E-state index contributed by atoms with van der Waals surface area (Å²) < 4.78 is 10.5. The van der Waals surface area contributed by atoms with Gasteiger partial charge in [-0.1, -0.05) is 19.1 Å². The molecule has 0 radical (unpaired) electrons.